The summed E-state index contributed by atoms with van der Waals surface area (Å²) in [6.45, 7) is 9.18. The van der Waals surface area contributed by atoms with E-state index in [-0.39, 0.29) is 48.3 Å². The number of nitrogens with zero attached hydrogens (tertiary/aromatic N) is 4. The number of H-pyrrole nitrogens is 2. The van der Waals surface area contributed by atoms with Crippen molar-refractivity contribution in [1.29, 1.82) is 0 Å². The second-order valence-electron chi connectivity index (χ2n) is 18.0. The molecule has 5 aromatic rings. The highest BCUT2D eigenvalue weighted by molar-refractivity contribution is 5.87. The molecule has 4 amide bonds. The van der Waals surface area contributed by atoms with E-state index in [2.05, 4.69) is 74.7 Å². The fraction of sp³-hybridized carbons (Fsp3) is 0.440. The SMILES string of the molecule is COCC1CC(c2ncc(-c3ccc4c(c3)COc3cc5c(cc3-4)CCc3[nH]c(C4CCC(C)N4C(=O)C(NC(=O)OC)C(C)C)nc3-5)[nH]2)N(C(=O)CNC(=O)OC)C1.Cc1ccccc1. The number of amides is 4. The number of nitrogens with one attached hydrogen (secondary N) is 4. The molecule has 1 aliphatic carbocycles. The first-order valence-electron chi connectivity index (χ1n) is 22.7. The van der Waals surface area contributed by atoms with Crippen molar-refractivity contribution in [2.24, 2.45) is 11.8 Å². The Kier molecular flexibility index (Phi) is 13.8. The summed E-state index contributed by atoms with van der Waals surface area (Å²) in [6, 6.07) is 19.7. The van der Waals surface area contributed by atoms with Crippen molar-refractivity contribution in [3.8, 4) is 39.4 Å². The van der Waals surface area contributed by atoms with Crippen molar-refractivity contribution in [1.82, 2.24) is 40.4 Å². The molecule has 16 heteroatoms. The summed E-state index contributed by atoms with van der Waals surface area (Å²) < 4.78 is 21.3. The minimum absolute atomic E-state index is 0.00993. The van der Waals surface area contributed by atoms with E-state index in [1.54, 1.807) is 18.2 Å². The standard InChI is InChI=1S/C43H52N8O8.C7H8/c1-22(2)37(49-43(55)58-6)41(53)51-23(3)7-12-33(51)40-46-31-11-9-25-15-30-28-10-8-26(14-27(28)21-59-35(30)16-29(25)38(31)48-40)32-17-44-39(47-32)34-13-24(20-56-4)19-50(34)36(52)18-45-42(54)57-5;1-7-5-3-2-4-6-7/h8,10,14-17,22-24,33-34,37H,7,9,11-13,18-21H2,1-6H3,(H,44,47)(H,45,54)(H,46,48)(H,49,55);2-6H,1H3. The van der Waals surface area contributed by atoms with Crippen LogP contribution in [-0.2, 0) is 43.2 Å². The van der Waals surface area contributed by atoms with Gasteiger partial charge in [-0.15, -0.1) is 0 Å². The molecule has 0 bridgehead atoms. The van der Waals surface area contributed by atoms with E-state index in [9.17, 15) is 19.2 Å². The summed E-state index contributed by atoms with van der Waals surface area (Å²) >= 11 is 0. The predicted octanol–water partition coefficient (Wildman–Crippen LogP) is 7.44. The number of alkyl carbamates (subject to hydrolysis) is 2. The van der Waals surface area contributed by atoms with Crippen molar-refractivity contribution in [3.63, 3.8) is 0 Å². The number of carbonyl (C=O) groups is 4. The van der Waals surface area contributed by atoms with Gasteiger partial charge < -0.3 is 49.3 Å². The number of aromatic nitrogens is 4. The van der Waals surface area contributed by atoms with Crippen LogP contribution in [0.5, 0.6) is 5.75 Å². The van der Waals surface area contributed by atoms with Crippen LogP contribution in [0.1, 0.15) is 86.2 Å². The first kappa shape index (κ1) is 45.9. The number of rotatable bonds is 10. The molecule has 3 aliphatic heterocycles. The lowest BCUT2D eigenvalue weighted by molar-refractivity contribution is -0.137. The Hall–Kier alpha value is -6.68. The minimum atomic E-state index is -0.714. The highest BCUT2D eigenvalue weighted by Crippen LogP contribution is 2.46. The van der Waals surface area contributed by atoms with Crippen LogP contribution in [0.2, 0.25) is 0 Å². The third-order valence-corrected chi connectivity index (χ3v) is 13.2. The molecule has 2 aromatic heterocycles. The zero-order valence-electron chi connectivity index (χ0n) is 38.7. The summed E-state index contributed by atoms with van der Waals surface area (Å²) in [7, 11) is 4.21. The van der Waals surface area contributed by atoms with E-state index in [1.165, 1.54) is 25.3 Å². The molecule has 5 atom stereocenters. The first-order chi connectivity index (χ1) is 31.9. The number of methoxy groups -OCH3 is 3. The van der Waals surface area contributed by atoms with Crippen molar-refractivity contribution in [3.05, 3.63) is 101 Å². The normalized spacial score (nSPS) is 19.6. The van der Waals surface area contributed by atoms with Gasteiger partial charge in [-0.25, -0.2) is 19.6 Å². The van der Waals surface area contributed by atoms with E-state index in [1.807, 2.05) is 43.9 Å². The van der Waals surface area contributed by atoms with Crippen molar-refractivity contribution in [2.45, 2.75) is 90.6 Å². The number of fused-ring (bicyclic) bond motifs is 6. The average molecular weight is 901 g/mol. The number of carbonyl (C=O) groups excluding carboxylic acids is 4. The van der Waals surface area contributed by atoms with Crippen LogP contribution in [-0.4, -0.2) is 107 Å². The van der Waals surface area contributed by atoms with Crippen LogP contribution < -0.4 is 15.4 Å². The van der Waals surface area contributed by atoms with E-state index in [4.69, 9.17) is 24.2 Å². The molecule has 4 N–H and O–H groups in total. The van der Waals surface area contributed by atoms with Gasteiger partial charge in [0.1, 0.15) is 36.6 Å². The Labute approximate surface area is 385 Å². The van der Waals surface area contributed by atoms with Gasteiger partial charge in [0, 0.05) is 42.4 Å². The molecule has 2 saturated heterocycles. The Morgan fingerprint density at radius 3 is 2.38 bits per heavy atom. The average Bonchev–Trinajstić information content (AvgIpc) is 4.15. The molecule has 4 aliphatic rings. The van der Waals surface area contributed by atoms with Crippen LogP contribution in [0.25, 0.3) is 33.6 Å². The predicted molar refractivity (Wildman–Crippen MR) is 247 cm³/mol. The quantitative estimate of drug-likeness (QED) is 0.110. The topological polar surface area (TPSA) is 193 Å². The fourth-order valence-electron chi connectivity index (χ4n) is 9.74. The number of benzene rings is 3. The molecule has 3 aromatic carbocycles. The fourth-order valence-corrected chi connectivity index (χ4v) is 9.74. The summed E-state index contributed by atoms with van der Waals surface area (Å²) in [4.78, 5) is 71.5. The van der Waals surface area contributed by atoms with Gasteiger partial charge in [-0.1, -0.05) is 61.9 Å². The zero-order chi connectivity index (χ0) is 46.6. The number of hydrogen-bond acceptors (Lipinski definition) is 10. The summed E-state index contributed by atoms with van der Waals surface area (Å²) in [6.07, 6.45) is 4.40. The molecule has 0 spiro atoms. The molecular weight excluding hydrogens is 841 g/mol. The van der Waals surface area contributed by atoms with Crippen molar-refractivity contribution in [2.75, 3.05) is 41.0 Å². The second-order valence-corrected chi connectivity index (χ2v) is 18.0. The lowest BCUT2D eigenvalue weighted by Crippen LogP contribution is -2.52. The summed E-state index contributed by atoms with van der Waals surface area (Å²) in [5.74, 6) is 1.88. The van der Waals surface area contributed by atoms with E-state index < -0.39 is 18.2 Å². The van der Waals surface area contributed by atoms with Gasteiger partial charge in [0.2, 0.25) is 11.8 Å². The van der Waals surface area contributed by atoms with E-state index in [0.29, 0.717) is 32.0 Å². The highest BCUT2D eigenvalue weighted by atomic mass is 16.5. The van der Waals surface area contributed by atoms with Gasteiger partial charge in [0.15, 0.2) is 0 Å². The first-order valence-corrected chi connectivity index (χ1v) is 22.7. The smallest absolute Gasteiger partial charge is 0.407 e. The number of imidazole rings is 2. The number of aromatic amines is 2. The van der Waals surface area contributed by atoms with Gasteiger partial charge in [-0.05, 0) is 92.3 Å². The molecule has 2 fully saturated rings. The minimum Gasteiger partial charge on any atom is -0.488 e. The van der Waals surface area contributed by atoms with Crippen LogP contribution in [0, 0.1) is 18.8 Å². The number of aryl methyl sites for hydroxylation is 3. The van der Waals surface area contributed by atoms with Gasteiger partial charge in [-0.3, -0.25) is 9.59 Å². The Bertz CT molecular complexity index is 2570. The van der Waals surface area contributed by atoms with Crippen molar-refractivity contribution >= 4 is 24.0 Å². The molecular formula is C50H60N8O8. The largest absolute Gasteiger partial charge is 0.488 e. The maximum atomic E-state index is 14.0. The van der Waals surface area contributed by atoms with Gasteiger partial charge in [0.25, 0.3) is 0 Å². The molecule has 0 saturated carbocycles. The maximum absolute atomic E-state index is 14.0. The van der Waals surface area contributed by atoms with Crippen LogP contribution in [0.3, 0.4) is 0 Å². The number of ether oxygens (including phenoxy) is 4. The Morgan fingerprint density at radius 2 is 1.67 bits per heavy atom. The molecule has 0 radical (unpaired) electrons. The molecule has 5 heterocycles. The molecule has 9 rings (SSSR count). The third kappa shape index (κ3) is 9.50. The van der Waals surface area contributed by atoms with Crippen LogP contribution >= 0.6 is 0 Å². The number of likely N-dealkylation sites (tertiary alicyclic amines) is 2. The van der Waals surface area contributed by atoms with Crippen molar-refractivity contribution < 1.29 is 38.1 Å². The Morgan fingerprint density at radius 1 is 0.879 bits per heavy atom. The van der Waals surface area contributed by atoms with E-state index in [0.717, 1.165) is 82.2 Å². The van der Waals surface area contributed by atoms with Gasteiger partial charge >= 0.3 is 12.2 Å². The summed E-state index contributed by atoms with van der Waals surface area (Å²) in [5.41, 5.74) is 10.4. The monoisotopic (exact) mass is 900 g/mol. The van der Waals surface area contributed by atoms with Gasteiger partial charge in [0.05, 0.1) is 50.5 Å². The lowest BCUT2D eigenvalue weighted by Gasteiger charge is -2.32. The Balaban J connectivity index is 0.000000774. The third-order valence-electron chi connectivity index (χ3n) is 13.2. The highest BCUT2D eigenvalue weighted by Gasteiger charge is 2.42. The van der Waals surface area contributed by atoms with E-state index >= 15 is 0 Å². The van der Waals surface area contributed by atoms with Crippen LogP contribution in [0.15, 0.2) is 66.9 Å². The molecule has 16 nitrogen and oxygen atoms in total. The summed E-state index contributed by atoms with van der Waals surface area (Å²) in [5, 5.41) is 5.23. The zero-order valence-corrected chi connectivity index (χ0v) is 38.7. The second kappa shape index (κ2) is 19.8. The maximum Gasteiger partial charge on any atom is 0.407 e. The lowest BCUT2D eigenvalue weighted by atomic mass is 9.86. The van der Waals surface area contributed by atoms with Crippen LogP contribution in [0.4, 0.5) is 9.59 Å². The van der Waals surface area contributed by atoms with Gasteiger partial charge in [-0.2, -0.15) is 0 Å². The molecule has 348 valence electrons. The molecule has 66 heavy (non-hydrogen) atoms. The number of hydrogen-bond donors (Lipinski definition) is 4. The molecule has 5 unspecified atom stereocenters.